The van der Waals surface area contributed by atoms with Gasteiger partial charge in [-0.05, 0) is 48.4 Å². The van der Waals surface area contributed by atoms with E-state index in [0.29, 0.717) is 18.1 Å². The number of aryl methyl sites for hydroxylation is 2. The SMILES string of the molecule is O=C(Nc1ccc(OCC(F)(F)F)cc1)Nc1ccn(CCc2ccncc2)n1. The lowest BCUT2D eigenvalue weighted by Crippen LogP contribution is -2.20. The van der Waals surface area contributed by atoms with Gasteiger partial charge in [-0.1, -0.05) is 0 Å². The predicted molar refractivity (Wildman–Crippen MR) is 101 cm³/mol. The number of aromatic nitrogens is 3. The minimum absolute atomic E-state index is 0.0567. The van der Waals surface area contributed by atoms with Crippen molar-refractivity contribution in [3.63, 3.8) is 0 Å². The van der Waals surface area contributed by atoms with E-state index >= 15 is 0 Å². The van der Waals surface area contributed by atoms with Gasteiger partial charge in [0.2, 0.25) is 0 Å². The second-order valence-corrected chi connectivity index (χ2v) is 6.08. The quantitative estimate of drug-likeness (QED) is 0.620. The van der Waals surface area contributed by atoms with E-state index in [4.69, 9.17) is 0 Å². The molecule has 29 heavy (non-hydrogen) atoms. The number of rotatable bonds is 7. The molecule has 0 saturated carbocycles. The van der Waals surface area contributed by atoms with Gasteiger partial charge in [0.05, 0.1) is 0 Å². The first-order valence-electron chi connectivity index (χ1n) is 8.67. The van der Waals surface area contributed by atoms with Crippen LogP contribution in [-0.4, -0.2) is 33.6 Å². The third-order valence-corrected chi connectivity index (χ3v) is 3.78. The molecule has 0 bridgehead atoms. The van der Waals surface area contributed by atoms with Gasteiger partial charge >= 0.3 is 12.2 Å². The average molecular weight is 405 g/mol. The van der Waals surface area contributed by atoms with Crippen molar-refractivity contribution in [2.75, 3.05) is 17.2 Å². The number of pyridine rings is 1. The first-order valence-corrected chi connectivity index (χ1v) is 8.67. The number of carbonyl (C=O) groups is 1. The number of benzene rings is 1. The molecule has 0 aliphatic carbocycles. The van der Waals surface area contributed by atoms with Crippen molar-refractivity contribution in [3.05, 3.63) is 66.6 Å². The lowest BCUT2D eigenvalue weighted by atomic mass is 10.2. The van der Waals surface area contributed by atoms with Crippen LogP contribution in [0, 0.1) is 0 Å². The Morgan fingerprint density at radius 3 is 2.45 bits per heavy atom. The lowest BCUT2D eigenvalue weighted by molar-refractivity contribution is -0.153. The maximum absolute atomic E-state index is 12.1. The molecule has 0 atom stereocenters. The Labute approximate surface area is 164 Å². The van der Waals surface area contributed by atoms with Crippen molar-refractivity contribution in [3.8, 4) is 5.75 Å². The van der Waals surface area contributed by atoms with Crippen molar-refractivity contribution in [1.29, 1.82) is 0 Å². The maximum Gasteiger partial charge on any atom is 0.422 e. The molecule has 0 fully saturated rings. The van der Waals surface area contributed by atoms with Gasteiger partial charge in [0.15, 0.2) is 12.4 Å². The molecular weight excluding hydrogens is 387 g/mol. The smallest absolute Gasteiger partial charge is 0.422 e. The molecule has 0 aliphatic rings. The molecule has 0 spiro atoms. The van der Waals surface area contributed by atoms with Gasteiger partial charge in [0, 0.05) is 36.9 Å². The molecule has 0 unspecified atom stereocenters. The summed E-state index contributed by atoms with van der Waals surface area (Å²) in [4.78, 5) is 16.0. The number of anilines is 2. The Bertz CT molecular complexity index is 927. The van der Waals surface area contributed by atoms with Crippen LogP contribution in [0.1, 0.15) is 5.56 Å². The van der Waals surface area contributed by atoms with E-state index < -0.39 is 18.8 Å². The minimum Gasteiger partial charge on any atom is -0.484 e. The van der Waals surface area contributed by atoms with Crippen molar-refractivity contribution < 1.29 is 22.7 Å². The number of hydrogen-bond donors (Lipinski definition) is 2. The molecule has 3 aromatic rings. The van der Waals surface area contributed by atoms with Crippen molar-refractivity contribution in [1.82, 2.24) is 14.8 Å². The van der Waals surface area contributed by atoms with Crippen LogP contribution in [0.5, 0.6) is 5.75 Å². The minimum atomic E-state index is -4.40. The molecule has 0 radical (unpaired) electrons. The zero-order chi connectivity index (χ0) is 20.7. The number of nitrogens with zero attached hydrogens (tertiary/aromatic N) is 3. The largest absolute Gasteiger partial charge is 0.484 e. The van der Waals surface area contributed by atoms with E-state index in [-0.39, 0.29) is 5.75 Å². The van der Waals surface area contributed by atoms with Gasteiger partial charge in [-0.3, -0.25) is 15.0 Å². The number of alkyl halides is 3. The van der Waals surface area contributed by atoms with Crippen LogP contribution in [0.4, 0.5) is 29.5 Å². The highest BCUT2D eigenvalue weighted by Crippen LogP contribution is 2.20. The lowest BCUT2D eigenvalue weighted by Gasteiger charge is -2.10. The van der Waals surface area contributed by atoms with Crippen LogP contribution in [0.25, 0.3) is 0 Å². The summed E-state index contributed by atoms with van der Waals surface area (Å²) in [5.74, 6) is 0.434. The molecule has 2 N–H and O–H groups in total. The summed E-state index contributed by atoms with van der Waals surface area (Å²) >= 11 is 0. The fourth-order valence-corrected chi connectivity index (χ4v) is 2.42. The molecule has 2 aromatic heterocycles. The van der Waals surface area contributed by atoms with Gasteiger partial charge in [0.25, 0.3) is 0 Å². The summed E-state index contributed by atoms with van der Waals surface area (Å²) in [5.41, 5.74) is 1.53. The molecule has 152 valence electrons. The summed E-state index contributed by atoms with van der Waals surface area (Å²) in [6.45, 7) is -0.725. The number of amides is 2. The Balaban J connectivity index is 1.46. The van der Waals surface area contributed by atoms with Crippen LogP contribution in [0.2, 0.25) is 0 Å². The second kappa shape index (κ2) is 9.09. The predicted octanol–water partition coefficient (Wildman–Crippen LogP) is 4.11. The summed E-state index contributed by atoms with van der Waals surface area (Å²) < 4.78 is 42.7. The van der Waals surface area contributed by atoms with Crippen molar-refractivity contribution >= 4 is 17.5 Å². The first-order chi connectivity index (χ1) is 13.9. The van der Waals surface area contributed by atoms with Gasteiger partial charge in [-0.15, -0.1) is 0 Å². The number of ether oxygens (including phenoxy) is 1. The molecule has 7 nitrogen and oxygen atoms in total. The first kappa shape index (κ1) is 20.2. The van der Waals surface area contributed by atoms with Gasteiger partial charge in [-0.25, -0.2) is 4.79 Å². The van der Waals surface area contributed by atoms with Gasteiger partial charge in [-0.2, -0.15) is 18.3 Å². The molecular formula is C19H18F3N5O2. The standard InChI is InChI=1S/C19H18F3N5O2/c20-19(21,22)13-29-16-3-1-15(2-4-16)24-18(28)25-17-8-12-27(26-17)11-7-14-5-9-23-10-6-14/h1-6,8-10,12H,7,11,13H2,(H2,24,25,26,28). The molecule has 3 rings (SSSR count). The Morgan fingerprint density at radius 2 is 1.76 bits per heavy atom. The number of urea groups is 1. The number of nitrogens with one attached hydrogen (secondary N) is 2. The van der Waals surface area contributed by atoms with Crippen LogP contribution in [-0.2, 0) is 13.0 Å². The summed E-state index contributed by atoms with van der Waals surface area (Å²) in [7, 11) is 0. The topological polar surface area (TPSA) is 81.1 Å². The molecule has 0 saturated heterocycles. The molecule has 0 aliphatic heterocycles. The highest BCUT2D eigenvalue weighted by molar-refractivity contribution is 5.99. The third-order valence-electron chi connectivity index (χ3n) is 3.78. The van der Waals surface area contributed by atoms with Crippen molar-refractivity contribution in [2.45, 2.75) is 19.1 Å². The normalized spacial score (nSPS) is 11.1. The zero-order valence-electron chi connectivity index (χ0n) is 15.2. The van der Waals surface area contributed by atoms with E-state index in [1.165, 1.54) is 24.3 Å². The zero-order valence-corrected chi connectivity index (χ0v) is 15.2. The monoisotopic (exact) mass is 405 g/mol. The number of hydrogen-bond acceptors (Lipinski definition) is 4. The fourth-order valence-electron chi connectivity index (χ4n) is 2.42. The van der Waals surface area contributed by atoms with Crippen LogP contribution < -0.4 is 15.4 Å². The van der Waals surface area contributed by atoms with Crippen LogP contribution >= 0.6 is 0 Å². The van der Waals surface area contributed by atoms with Crippen molar-refractivity contribution in [2.24, 2.45) is 0 Å². The van der Waals surface area contributed by atoms with E-state index in [0.717, 1.165) is 12.0 Å². The molecule has 10 heteroatoms. The molecule has 2 heterocycles. The Morgan fingerprint density at radius 1 is 1.03 bits per heavy atom. The summed E-state index contributed by atoms with van der Waals surface area (Å²) in [6.07, 6.45) is 1.58. The molecule has 2 amide bonds. The summed E-state index contributed by atoms with van der Waals surface area (Å²) in [5, 5.41) is 9.44. The Hall–Kier alpha value is -3.56. The van der Waals surface area contributed by atoms with E-state index in [9.17, 15) is 18.0 Å². The Kier molecular flexibility index (Phi) is 6.32. The van der Waals surface area contributed by atoms with Gasteiger partial charge < -0.3 is 10.1 Å². The number of halogens is 3. The van der Waals surface area contributed by atoms with Gasteiger partial charge in [0.1, 0.15) is 5.75 Å². The highest BCUT2D eigenvalue weighted by atomic mass is 19.4. The summed E-state index contributed by atoms with van der Waals surface area (Å²) in [6, 6.07) is 10.6. The highest BCUT2D eigenvalue weighted by Gasteiger charge is 2.28. The molecule has 1 aromatic carbocycles. The van der Waals surface area contributed by atoms with E-state index in [1.54, 1.807) is 29.3 Å². The number of carbonyl (C=O) groups excluding carboxylic acids is 1. The average Bonchev–Trinajstić information content (AvgIpc) is 3.13. The third kappa shape index (κ3) is 6.83. The second-order valence-electron chi connectivity index (χ2n) is 6.08. The van der Waals surface area contributed by atoms with Crippen LogP contribution in [0.3, 0.4) is 0 Å². The van der Waals surface area contributed by atoms with E-state index in [2.05, 4.69) is 25.5 Å². The van der Waals surface area contributed by atoms with Crippen LogP contribution in [0.15, 0.2) is 61.1 Å². The van der Waals surface area contributed by atoms with E-state index in [1.807, 2.05) is 12.1 Å². The maximum atomic E-state index is 12.1. The fraction of sp³-hybridized carbons (Fsp3) is 0.211.